The van der Waals surface area contributed by atoms with Crippen LogP contribution >= 0.6 is 11.6 Å². The fourth-order valence-electron chi connectivity index (χ4n) is 4.00. The van der Waals surface area contributed by atoms with Crippen molar-refractivity contribution in [2.45, 2.75) is 29.7 Å². The lowest BCUT2D eigenvalue weighted by molar-refractivity contribution is -0.0500. The molecule has 0 aliphatic carbocycles. The molecule has 2 heterocycles. The lowest BCUT2D eigenvalue weighted by atomic mass is 9.80. The summed E-state index contributed by atoms with van der Waals surface area (Å²) >= 11 is 5.86. The van der Waals surface area contributed by atoms with Gasteiger partial charge in [0, 0.05) is 31.2 Å². The van der Waals surface area contributed by atoms with E-state index in [0.29, 0.717) is 31.2 Å². The van der Waals surface area contributed by atoms with Gasteiger partial charge in [-0.05, 0) is 49.1 Å². The Hall–Kier alpha value is -2.09. The highest BCUT2D eigenvalue weighted by Crippen LogP contribution is 2.42. The van der Waals surface area contributed by atoms with Crippen molar-refractivity contribution in [2.24, 2.45) is 0 Å². The zero-order valence-electron chi connectivity index (χ0n) is 16.1. The fourth-order valence-corrected chi connectivity index (χ4v) is 5.91. The van der Waals surface area contributed by atoms with E-state index < -0.39 is 15.6 Å². The number of likely N-dealkylation sites (tertiary alicyclic amines) is 1. The van der Waals surface area contributed by atoms with E-state index in [4.69, 9.17) is 11.6 Å². The minimum atomic E-state index is -3.57. The van der Waals surface area contributed by atoms with E-state index in [1.165, 1.54) is 22.0 Å². The molecule has 2 aliphatic rings. The molecule has 6 nitrogen and oxygen atoms in total. The van der Waals surface area contributed by atoms with Gasteiger partial charge in [-0.25, -0.2) is 13.2 Å². The molecule has 1 N–H and O–H groups in total. The first kappa shape index (κ1) is 20.2. The van der Waals surface area contributed by atoms with Gasteiger partial charge in [0.2, 0.25) is 10.0 Å². The molecule has 2 aromatic carbocycles. The van der Waals surface area contributed by atoms with E-state index in [-0.39, 0.29) is 10.9 Å². The zero-order valence-corrected chi connectivity index (χ0v) is 17.6. The van der Waals surface area contributed by atoms with Gasteiger partial charge in [0.1, 0.15) is 0 Å². The molecule has 0 saturated carbocycles. The first-order valence-corrected chi connectivity index (χ1v) is 11.6. The smallest absolute Gasteiger partial charge is 0.317 e. The number of carbonyl (C=O) groups excluding carboxylic acids is 1. The molecule has 2 saturated heterocycles. The van der Waals surface area contributed by atoms with Crippen LogP contribution in [0, 0.1) is 0 Å². The molecular weight excluding hydrogens is 410 g/mol. The number of carbonyl (C=O) groups is 1. The first-order chi connectivity index (χ1) is 13.9. The maximum absolute atomic E-state index is 12.9. The van der Waals surface area contributed by atoms with Gasteiger partial charge in [-0.1, -0.05) is 41.9 Å². The molecule has 0 atom stereocenters. The van der Waals surface area contributed by atoms with Gasteiger partial charge in [-0.15, -0.1) is 0 Å². The quantitative estimate of drug-likeness (QED) is 0.711. The summed E-state index contributed by atoms with van der Waals surface area (Å²) in [4.78, 5) is 14.3. The summed E-state index contributed by atoms with van der Waals surface area (Å²) in [6.07, 6.45) is 2.56. The van der Waals surface area contributed by atoms with E-state index in [0.717, 1.165) is 19.3 Å². The van der Waals surface area contributed by atoms with Crippen LogP contribution in [0.2, 0.25) is 5.02 Å². The Kier molecular flexibility index (Phi) is 5.55. The number of urea groups is 1. The molecular formula is C21H24ClN3O3S. The largest absolute Gasteiger partial charge is 0.338 e. The van der Waals surface area contributed by atoms with E-state index in [9.17, 15) is 13.2 Å². The van der Waals surface area contributed by atoms with E-state index in [1.807, 2.05) is 18.2 Å². The van der Waals surface area contributed by atoms with Crippen molar-refractivity contribution in [3.8, 4) is 0 Å². The summed E-state index contributed by atoms with van der Waals surface area (Å²) in [5.74, 6) is 0. The molecule has 4 rings (SSSR count). The summed E-state index contributed by atoms with van der Waals surface area (Å²) in [5, 5.41) is 3.44. The van der Waals surface area contributed by atoms with Crippen LogP contribution in [0.3, 0.4) is 0 Å². The fraction of sp³-hybridized carbons (Fsp3) is 0.381. The SMILES string of the molecule is O=C(NCCCc1ccccc1)N1CC2(CCN2S(=O)(=O)c2ccc(Cl)cc2)C1. The van der Waals surface area contributed by atoms with E-state index in [1.54, 1.807) is 17.0 Å². The average Bonchev–Trinajstić information content (AvgIpc) is 2.64. The third-order valence-electron chi connectivity index (χ3n) is 5.73. The van der Waals surface area contributed by atoms with Gasteiger partial charge in [0.15, 0.2) is 0 Å². The molecule has 2 aliphatic heterocycles. The molecule has 0 radical (unpaired) electrons. The third-order valence-corrected chi connectivity index (χ3v) is 8.00. The number of aryl methyl sites for hydroxylation is 1. The predicted octanol–water partition coefficient (Wildman–Crippen LogP) is 3.13. The van der Waals surface area contributed by atoms with Crippen LogP contribution in [0.1, 0.15) is 18.4 Å². The van der Waals surface area contributed by atoms with Crippen molar-refractivity contribution in [3.63, 3.8) is 0 Å². The number of hydrogen-bond donors (Lipinski definition) is 1. The van der Waals surface area contributed by atoms with Crippen molar-refractivity contribution >= 4 is 27.7 Å². The van der Waals surface area contributed by atoms with Gasteiger partial charge >= 0.3 is 6.03 Å². The van der Waals surface area contributed by atoms with Gasteiger partial charge < -0.3 is 10.2 Å². The highest BCUT2D eigenvalue weighted by Gasteiger charge is 2.59. The van der Waals surface area contributed by atoms with Crippen molar-refractivity contribution in [2.75, 3.05) is 26.2 Å². The molecule has 2 aromatic rings. The van der Waals surface area contributed by atoms with Crippen LogP contribution in [0.25, 0.3) is 0 Å². The highest BCUT2D eigenvalue weighted by atomic mass is 35.5. The monoisotopic (exact) mass is 433 g/mol. The summed E-state index contributed by atoms with van der Waals surface area (Å²) in [6.45, 7) is 1.95. The summed E-state index contributed by atoms with van der Waals surface area (Å²) < 4.78 is 27.4. The van der Waals surface area contributed by atoms with Crippen molar-refractivity contribution in [3.05, 3.63) is 65.2 Å². The molecule has 2 amide bonds. The minimum Gasteiger partial charge on any atom is -0.338 e. The summed E-state index contributed by atoms with van der Waals surface area (Å²) in [6, 6.07) is 16.3. The Morgan fingerprint density at radius 2 is 1.76 bits per heavy atom. The number of sulfonamides is 1. The van der Waals surface area contributed by atoms with Crippen LogP contribution in [0.15, 0.2) is 59.5 Å². The lowest BCUT2D eigenvalue weighted by Crippen LogP contribution is -2.78. The Morgan fingerprint density at radius 3 is 2.38 bits per heavy atom. The summed E-state index contributed by atoms with van der Waals surface area (Å²) in [5.41, 5.74) is 0.794. The minimum absolute atomic E-state index is 0.126. The van der Waals surface area contributed by atoms with E-state index >= 15 is 0 Å². The second-order valence-electron chi connectivity index (χ2n) is 7.68. The Morgan fingerprint density at radius 1 is 1.07 bits per heavy atom. The predicted molar refractivity (Wildman–Crippen MR) is 112 cm³/mol. The highest BCUT2D eigenvalue weighted by molar-refractivity contribution is 7.89. The van der Waals surface area contributed by atoms with Crippen LogP contribution in [0.5, 0.6) is 0 Å². The number of halogens is 1. The lowest BCUT2D eigenvalue weighted by Gasteiger charge is -2.61. The molecule has 0 aromatic heterocycles. The molecule has 29 heavy (non-hydrogen) atoms. The second kappa shape index (κ2) is 7.97. The third kappa shape index (κ3) is 3.99. The van der Waals surface area contributed by atoms with Crippen LogP contribution in [-0.2, 0) is 16.4 Å². The van der Waals surface area contributed by atoms with Gasteiger partial charge in [-0.2, -0.15) is 4.31 Å². The number of amides is 2. The average molecular weight is 434 g/mol. The van der Waals surface area contributed by atoms with Gasteiger partial charge in [0.25, 0.3) is 0 Å². The molecule has 2 fully saturated rings. The Labute approximate surface area is 176 Å². The standard InChI is InChI=1S/C21H24ClN3O3S/c22-18-8-10-19(11-9-18)29(27,28)25-14-12-21(25)15-24(16-21)20(26)23-13-4-7-17-5-2-1-3-6-17/h1-3,5-6,8-11H,4,7,12-16H2,(H,23,26). The van der Waals surface area contributed by atoms with Gasteiger partial charge in [-0.3, -0.25) is 0 Å². The molecule has 0 bridgehead atoms. The summed E-state index contributed by atoms with van der Waals surface area (Å²) in [7, 11) is -3.57. The van der Waals surface area contributed by atoms with Crippen LogP contribution in [-0.4, -0.2) is 55.4 Å². The molecule has 1 spiro atoms. The Balaban J connectivity index is 1.27. The first-order valence-electron chi connectivity index (χ1n) is 9.76. The topological polar surface area (TPSA) is 69.7 Å². The molecule has 154 valence electrons. The second-order valence-corrected chi connectivity index (χ2v) is 9.98. The van der Waals surface area contributed by atoms with E-state index in [2.05, 4.69) is 17.4 Å². The number of nitrogens with one attached hydrogen (secondary N) is 1. The van der Waals surface area contributed by atoms with Crippen LogP contribution in [0.4, 0.5) is 4.79 Å². The number of rotatable bonds is 6. The maximum atomic E-state index is 12.9. The number of benzene rings is 2. The number of hydrogen-bond acceptors (Lipinski definition) is 3. The van der Waals surface area contributed by atoms with Crippen molar-refractivity contribution < 1.29 is 13.2 Å². The molecule has 8 heteroatoms. The van der Waals surface area contributed by atoms with Crippen molar-refractivity contribution in [1.82, 2.24) is 14.5 Å². The molecule has 0 unspecified atom stereocenters. The Bertz CT molecular complexity index is 974. The van der Waals surface area contributed by atoms with Crippen LogP contribution < -0.4 is 5.32 Å². The maximum Gasteiger partial charge on any atom is 0.317 e. The number of nitrogens with zero attached hydrogens (tertiary/aromatic N) is 2. The van der Waals surface area contributed by atoms with Crippen molar-refractivity contribution in [1.29, 1.82) is 0 Å². The van der Waals surface area contributed by atoms with Gasteiger partial charge in [0.05, 0.1) is 10.4 Å². The normalized spacial score (nSPS) is 18.2. The zero-order chi connectivity index (χ0) is 20.5.